The number of hydroxylamine groups is 8. The highest BCUT2D eigenvalue weighted by molar-refractivity contribution is 6.30. The zero-order valence-electron chi connectivity index (χ0n) is 13.8. The summed E-state index contributed by atoms with van der Waals surface area (Å²) in [6, 6.07) is 6.80. The highest BCUT2D eigenvalue weighted by atomic mass is 35.5. The monoisotopic (exact) mass is 384 g/mol. The Balaban J connectivity index is 2.16. The normalized spacial score (nSPS) is 20.5. The van der Waals surface area contributed by atoms with Gasteiger partial charge >= 0.3 is 0 Å². The summed E-state index contributed by atoms with van der Waals surface area (Å²) in [4.78, 5) is 0. The summed E-state index contributed by atoms with van der Waals surface area (Å²) in [5.74, 6) is -0.732. The smallest absolute Gasteiger partial charge is 0.121 e. The van der Waals surface area contributed by atoms with E-state index in [1.807, 2.05) is 0 Å². The molecule has 0 fully saturated rings. The van der Waals surface area contributed by atoms with Crippen LogP contribution in [0.3, 0.4) is 0 Å². The highest BCUT2D eigenvalue weighted by Gasteiger charge is 2.37. The lowest BCUT2D eigenvalue weighted by atomic mass is 9.88. The van der Waals surface area contributed by atoms with Gasteiger partial charge in [-0.05, 0) is 17.7 Å². The highest BCUT2D eigenvalue weighted by Crippen LogP contribution is 2.39. The summed E-state index contributed by atoms with van der Waals surface area (Å²) < 4.78 is 0. The second-order valence-corrected chi connectivity index (χ2v) is 6.65. The third-order valence-corrected chi connectivity index (χ3v) is 4.52. The number of halogens is 1. The molecule has 3 rings (SSSR count). The van der Waals surface area contributed by atoms with Crippen molar-refractivity contribution in [2.45, 2.75) is 5.92 Å². The lowest BCUT2D eigenvalue weighted by molar-refractivity contribution is -0.206. The Morgan fingerprint density at radius 3 is 1.62 bits per heavy atom. The van der Waals surface area contributed by atoms with Crippen LogP contribution in [0.15, 0.2) is 47.1 Å². The molecular formula is C15H21ClN6O4. The summed E-state index contributed by atoms with van der Waals surface area (Å²) >= 11 is 5.97. The predicted octanol–water partition coefficient (Wildman–Crippen LogP) is 0.471. The van der Waals surface area contributed by atoms with E-state index in [0.717, 1.165) is 20.3 Å². The van der Waals surface area contributed by atoms with Crippen molar-refractivity contribution in [3.8, 4) is 0 Å². The van der Waals surface area contributed by atoms with Crippen molar-refractivity contribution >= 4 is 11.6 Å². The van der Waals surface area contributed by atoms with Gasteiger partial charge in [0.05, 0.1) is 30.4 Å². The van der Waals surface area contributed by atoms with Crippen LogP contribution in [-0.4, -0.2) is 67.5 Å². The number of hydrogen-bond acceptors (Lipinski definition) is 10. The second kappa shape index (κ2) is 7.29. The van der Waals surface area contributed by atoms with Crippen molar-refractivity contribution in [1.82, 2.24) is 20.3 Å². The Morgan fingerprint density at radius 1 is 0.808 bits per heavy atom. The SMILES string of the molecule is NC1=C(C(C2=C(N)CN(O)CN2O)c2ccc(Cl)cc2)N(O)CN(O)C1. The molecule has 0 spiro atoms. The molecule has 0 amide bonds. The van der Waals surface area contributed by atoms with Crippen molar-refractivity contribution < 1.29 is 20.8 Å². The van der Waals surface area contributed by atoms with Gasteiger partial charge in [-0.2, -0.15) is 10.1 Å². The topological polar surface area (TPSA) is 146 Å². The van der Waals surface area contributed by atoms with Crippen molar-refractivity contribution in [3.05, 3.63) is 57.6 Å². The second-order valence-electron chi connectivity index (χ2n) is 6.22. The van der Waals surface area contributed by atoms with E-state index in [-0.39, 0.29) is 49.2 Å². The molecule has 0 atom stereocenters. The first-order valence-corrected chi connectivity index (χ1v) is 8.18. The third-order valence-electron chi connectivity index (χ3n) is 4.26. The van der Waals surface area contributed by atoms with Crippen LogP contribution < -0.4 is 11.5 Å². The molecule has 1 aromatic rings. The molecule has 11 heteroatoms. The molecule has 26 heavy (non-hydrogen) atoms. The van der Waals surface area contributed by atoms with Crippen LogP contribution in [-0.2, 0) is 0 Å². The molecule has 1 aromatic carbocycles. The van der Waals surface area contributed by atoms with Gasteiger partial charge in [-0.3, -0.25) is 10.4 Å². The number of benzene rings is 1. The summed E-state index contributed by atoms with van der Waals surface area (Å²) in [6.45, 7) is -0.349. The maximum atomic E-state index is 10.4. The Hall–Kier alpha value is -2.05. The van der Waals surface area contributed by atoms with E-state index in [1.165, 1.54) is 0 Å². The molecule has 0 saturated carbocycles. The van der Waals surface area contributed by atoms with Gasteiger partial charge < -0.3 is 21.9 Å². The zero-order valence-corrected chi connectivity index (χ0v) is 14.6. The molecule has 0 aliphatic carbocycles. The lowest BCUT2D eigenvalue weighted by Gasteiger charge is -2.40. The van der Waals surface area contributed by atoms with E-state index >= 15 is 0 Å². The van der Waals surface area contributed by atoms with Crippen LogP contribution in [0.2, 0.25) is 5.02 Å². The van der Waals surface area contributed by atoms with E-state index in [4.69, 9.17) is 23.1 Å². The summed E-state index contributed by atoms with van der Waals surface area (Å²) in [5.41, 5.74) is 13.8. The number of nitrogens with zero attached hydrogens (tertiary/aromatic N) is 4. The van der Waals surface area contributed by atoms with E-state index in [1.54, 1.807) is 24.3 Å². The van der Waals surface area contributed by atoms with E-state index in [9.17, 15) is 20.8 Å². The van der Waals surface area contributed by atoms with E-state index in [0.29, 0.717) is 10.6 Å². The largest absolute Gasteiger partial charge is 0.399 e. The summed E-state index contributed by atoms with van der Waals surface area (Å²) in [7, 11) is 0. The van der Waals surface area contributed by atoms with Gasteiger partial charge in [0.2, 0.25) is 0 Å². The van der Waals surface area contributed by atoms with Crippen molar-refractivity contribution in [3.63, 3.8) is 0 Å². The molecule has 142 valence electrons. The fourth-order valence-corrected chi connectivity index (χ4v) is 3.34. The van der Waals surface area contributed by atoms with Crippen LogP contribution >= 0.6 is 11.6 Å². The van der Waals surface area contributed by atoms with Gasteiger partial charge in [-0.25, -0.2) is 10.1 Å². The maximum absolute atomic E-state index is 10.4. The van der Waals surface area contributed by atoms with Gasteiger partial charge in [0.15, 0.2) is 0 Å². The van der Waals surface area contributed by atoms with Crippen LogP contribution in [0.5, 0.6) is 0 Å². The Morgan fingerprint density at radius 2 is 1.23 bits per heavy atom. The molecule has 0 radical (unpaired) electrons. The average Bonchev–Trinajstić information content (AvgIpc) is 2.52. The predicted molar refractivity (Wildman–Crippen MR) is 90.6 cm³/mol. The van der Waals surface area contributed by atoms with Crippen molar-refractivity contribution in [2.75, 3.05) is 26.4 Å². The minimum absolute atomic E-state index is 0.0151. The Labute approximate surface area is 154 Å². The van der Waals surface area contributed by atoms with Gasteiger partial charge in [0.25, 0.3) is 0 Å². The molecule has 0 bridgehead atoms. The zero-order chi connectivity index (χ0) is 19.0. The quantitative estimate of drug-likeness (QED) is 0.434. The maximum Gasteiger partial charge on any atom is 0.121 e. The molecule has 2 aliphatic rings. The van der Waals surface area contributed by atoms with Gasteiger partial charge in [-0.1, -0.05) is 23.7 Å². The van der Waals surface area contributed by atoms with E-state index in [2.05, 4.69) is 0 Å². The number of hydrogen-bond donors (Lipinski definition) is 6. The Kier molecular flexibility index (Phi) is 5.25. The first-order valence-electron chi connectivity index (χ1n) is 7.81. The van der Waals surface area contributed by atoms with Crippen LogP contribution in [0.25, 0.3) is 0 Å². The van der Waals surface area contributed by atoms with Gasteiger partial charge in [-0.15, -0.1) is 0 Å². The van der Waals surface area contributed by atoms with Gasteiger partial charge in [0, 0.05) is 16.4 Å². The summed E-state index contributed by atoms with van der Waals surface area (Å²) in [6.07, 6.45) is 0. The van der Waals surface area contributed by atoms with Crippen molar-refractivity contribution in [1.29, 1.82) is 0 Å². The first kappa shape index (κ1) is 18.7. The minimum Gasteiger partial charge on any atom is -0.399 e. The molecule has 0 saturated heterocycles. The lowest BCUT2D eigenvalue weighted by Crippen LogP contribution is -2.48. The fourth-order valence-electron chi connectivity index (χ4n) is 3.22. The van der Waals surface area contributed by atoms with Crippen LogP contribution in [0, 0.1) is 0 Å². The average molecular weight is 385 g/mol. The molecule has 8 N–H and O–H groups in total. The van der Waals surface area contributed by atoms with E-state index < -0.39 is 5.92 Å². The third kappa shape index (κ3) is 3.57. The number of rotatable bonds is 3. The molecule has 2 aliphatic heterocycles. The molecular weight excluding hydrogens is 364 g/mol. The van der Waals surface area contributed by atoms with Gasteiger partial charge in [0.1, 0.15) is 13.3 Å². The Bertz CT molecular complexity index is 700. The standard InChI is InChI=1S/C15H21ClN6O4/c16-10-3-1-9(2-4-10)13(14-11(17)5-19(23)7-21(14)25)15-12(18)6-20(24)8-22(15)26/h1-4,13,23-26H,5-8,17-18H2. The first-order chi connectivity index (χ1) is 12.3. The van der Waals surface area contributed by atoms with Crippen LogP contribution in [0.1, 0.15) is 11.5 Å². The number of nitrogens with two attached hydrogens (primary N) is 2. The van der Waals surface area contributed by atoms with Crippen molar-refractivity contribution in [2.24, 2.45) is 11.5 Å². The minimum atomic E-state index is -0.732. The summed E-state index contributed by atoms with van der Waals surface area (Å²) in [5, 5.41) is 44.0. The molecule has 0 unspecified atom stereocenters. The van der Waals surface area contributed by atoms with Crippen LogP contribution in [0.4, 0.5) is 0 Å². The molecule has 0 aromatic heterocycles. The fraction of sp³-hybridized carbons (Fsp3) is 0.333. The molecule has 10 nitrogen and oxygen atoms in total. The molecule has 2 heterocycles.